The first-order valence-corrected chi connectivity index (χ1v) is 8.74. The number of carbonyl (C=O) groups excluding carboxylic acids is 2. The van der Waals surface area contributed by atoms with E-state index in [-0.39, 0.29) is 11.8 Å². The summed E-state index contributed by atoms with van der Waals surface area (Å²) in [5, 5.41) is 6.90. The molecule has 1 aromatic rings. The van der Waals surface area contributed by atoms with Gasteiger partial charge in [0.2, 0.25) is 5.91 Å². The van der Waals surface area contributed by atoms with Crippen LogP contribution >= 0.6 is 11.5 Å². The van der Waals surface area contributed by atoms with Crippen LogP contribution in [0.15, 0.2) is 0 Å². The molecule has 0 unspecified atom stereocenters. The van der Waals surface area contributed by atoms with Crippen LogP contribution in [0.5, 0.6) is 0 Å². The number of likely N-dealkylation sites (tertiary alicyclic amines) is 1. The summed E-state index contributed by atoms with van der Waals surface area (Å²) in [5.41, 5.74) is 0.709. The lowest BCUT2D eigenvalue weighted by atomic mass is 9.96. The lowest BCUT2D eigenvalue weighted by Crippen LogP contribution is -2.41. The van der Waals surface area contributed by atoms with Crippen LogP contribution in [0.2, 0.25) is 0 Å². The Morgan fingerprint density at radius 1 is 1.36 bits per heavy atom. The highest BCUT2D eigenvalue weighted by Crippen LogP contribution is 2.20. The third kappa shape index (κ3) is 4.50. The Labute approximate surface area is 135 Å². The van der Waals surface area contributed by atoms with Crippen molar-refractivity contribution < 1.29 is 9.59 Å². The molecule has 0 aromatic carbocycles. The average molecular weight is 324 g/mol. The third-order valence-electron chi connectivity index (χ3n) is 4.09. The minimum absolute atomic E-state index is 0.0398. The first-order valence-electron chi connectivity index (χ1n) is 7.96. The molecule has 1 aliphatic heterocycles. The zero-order chi connectivity index (χ0) is 15.9. The van der Waals surface area contributed by atoms with Crippen molar-refractivity contribution in [2.75, 3.05) is 19.6 Å². The molecule has 0 radical (unpaired) electrons. The minimum Gasteiger partial charge on any atom is -0.356 e. The second-order valence-electron chi connectivity index (χ2n) is 5.83. The number of aromatic nitrogens is 2. The van der Waals surface area contributed by atoms with E-state index in [0.29, 0.717) is 22.9 Å². The highest BCUT2D eigenvalue weighted by Gasteiger charge is 2.26. The summed E-state index contributed by atoms with van der Waals surface area (Å²) in [4.78, 5) is 26.5. The summed E-state index contributed by atoms with van der Waals surface area (Å²) < 4.78 is 3.82. The fourth-order valence-electron chi connectivity index (χ4n) is 2.60. The fourth-order valence-corrected chi connectivity index (χ4v) is 3.22. The van der Waals surface area contributed by atoms with Crippen LogP contribution in [0.25, 0.3) is 0 Å². The lowest BCUT2D eigenvalue weighted by molar-refractivity contribution is -0.121. The maximum Gasteiger partial charge on any atom is 0.267 e. The SMILES string of the molecule is CCCCC(=O)NCC1CCN(C(=O)c2snnc2C)CC1. The van der Waals surface area contributed by atoms with Crippen LogP contribution < -0.4 is 5.32 Å². The van der Waals surface area contributed by atoms with Crippen LogP contribution in [0.1, 0.15) is 54.4 Å². The smallest absolute Gasteiger partial charge is 0.267 e. The Bertz CT molecular complexity index is 509. The Balaban J connectivity index is 1.73. The molecule has 0 saturated carbocycles. The van der Waals surface area contributed by atoms with E-state index in [1.165, 1.54) is 0 Å². The van der Waals surface area contributed by atoms with Crippen LogP contribution in [-0.2, 0) is 4.79 Å². The molecule has 7 heteroatoms. The van der Waals surface area contributed by atoms with Crippen molar-refractivity contribution in [1.82, 2.24) is 19.8 Å². The molecule has 0 atom stereocenters. The molecule has 0 bridgehead atoms. The average Bonchev–Trinajstić information content (AvgIpc) is 2.96. The van der Waals surface area contributed by atoms with Crippen molar-refractivity contribution in [2.24, 2.45) is 5.92 Å². The van der Waals surface area contributed by atoms with Gasteiger partial charge in [-0.1, -0.05) is 17.8 Å². The molecular formula is C15H24N4O2S. The van der Waals surface area contributed by atoms with Gasteiger partial charge >= 0.3 is 0 Å². The van der Waals surface area contributed by atoms with E-state index in [1.54, 1.807) is 0 Å². The van der Waals surface area contributed by atoms with Crippen LogP contribution in [-0.4, -0.2) is 45.9 Å². The van der Waals surface area contributed by atoms with E-state index >= 15 is 0 Å². The molecule has 2 amide bonds. The van der Waals surface area contributed by atoms with Crippen molar-refractivity contribution in [1.29, 1.82) is 0 Å². The van der Waals surface area contributed by atoms with E-state index in [2.05, 4.69) is 21.8 Å². The van der Waals surface area contributed by atoms with E-state index < -0.39 is 0 Å². The highest BCUT2D eigenvalue weighted by atomic mass is 32.1. The molecule has 0 spiro atoms. The molecule has 1 fully saturated rings. The Hall–Kier alpha value is -1.50. The zero-order valence-corrected chi connectivity index (χ0v) is 14.1. The largest absolute Gasteiger partial charge is 0.356 e. The molecule has 22 heavy (non-hydrogen) atoms. The van der Waals surface area contributed by atoms with Gasteiger partial charge in [-0.3, -0.25) is 9.59 Å². The van der Waals surface area contributed by atoms with Crippen LogP contribution in [0, 0.1) is 12.8 Å². The van der Waals surface area contributed by atoms with E-state index in [9.17, 15) is 9.59 Å². The number of rotatable bonds is 6. The molecular weight excluding hydrogens is 300 g/mol. The van der Waals surface area contributed by atoms with Gasteiger partial charge in [0.05, 0.1) is 5.69 Å². The van der Waals surface area contributed by atoms with E-state index in [0.717, 1.165) is 56.9 Å². The molecule has 2 rings (SSSR count). The van der Waals surface area contributed by atoms with Gasteiger partial charge in [0.1, 0.15) is 4.88 Å². The highest BCUT2D eigenvalue weighted by molar-refractivity contribution is 7.07. The second-order valence-corrected chi connectivity index (χ2v) is 6.58. The normalized spacial score (nSPS) is 15.8. The summed E-state index contributed by atoms with van der Waals surface area (Å²) in [6.45, 7) is 6.11. The summed E-state index contributed by atoms with van der Waals surface area (Å²) in [7, 11) is 0. The third-order valence-corrected chi connectivity index (χ3v) is 4.91. The summed E-state index contributed by atoms with van der Waals surface area (Å²) in [5.74, 6) is 0.653. The summed E-state index contributed by atoms with van der Waals surface area (Å²) in [6, 6.07) is 0. The van der Waals surface area contributed by atoms with Gasteiger partial charge in [0.15, 0.2) is 0 Å². The van der Waals surface area contributed by atoms with Gasteiger partial charge in [0.25, 0.3) is 5.91 Å². The maximum absolute atomic E-state index is 12.4. The molecule has 1 aliphatic rings. The first-order chi connectivity index (χ1) is 10.6. The van der Waals surface area contributed by atoms with Crippen molar-refractivity contribution in [2.45, 2.75) is 46.0 Å². The number of aryl methyl sites for hydroxylation is 1. The summed E-state index contributed by atoms with van der Waals surface area (Å²) in [6.07, 6.45) is 4.47. The fraction of sp³-hybridized carbons (Fsp3) is 0.733. The van der Waals surface area contributed by atoms with Crippen molar-refractivity contribution in [3.8, 4) is 0 Å². The van der Waals surface area contributed by atoms with Gasteiger partial charge in [-0.05, 0) is 43.6 Å². The zero-order valence-electron chi connectivity index (χ0n) is 13.3. The topological polar surface area (TPSA) is 75.2 Å². The van der Waals surface area contributed by atoms with Crippen molar-refractivity contribution >= 4 is 23.3 Å². The molecule has 1 N–H and O–H groups in total. The number of unbranched alkanes of at least 4 members (excludes halogenated alkanes) is 1. The first kappa shape index (κ1) is 16.9. The number of nitrogens with one attached hydrogen (secondary N) is 1. The van der Waals surface area contributed by atoms with Crippen LogP contribution in [0.4, 0.5) is 0 Å². The number of hydrogen-bond acceptors (Lipinski definition) is 5. The van der Waals surface area contributed by atoms with Gasteiger partial charge < -0.3 is 10.2 Å². The molecule has 0 aliphatic carbocycles. The minimum atomic E-state index is 0.0398. The number of nitrogens with zero attached hydrogens (tertiary/aromatic N) is 3. The van der Waals surface area contributed by atoms with Gasteiger partial charge in [-0.2, -0.15) is 0 Å². The number of hydrogen-bond donors (Lipinski definition) is 1. The standard InChI is InChI=1S/C15H24N4O2S/c1-3-4-5-13(20)16-10-12-6-8-19(9-7-12)15(21)14-11(2)17-18-22-14/h12H,3-10H2,1-2H3,(H,16,20). The van der Waals surface area contributed by atoms with Crippen LogP contribution in [0.3, 0.4) is 0 Å². The van der Waals surface area contributed by atoms with Crippen molar-refractivity contribution in [3.05, 3.63) is 10.6 Å². The number of carbonyl (C=O) groups is 2. The van der Waals surface area contributed by atoms with E-state index in [4.69, 9.17) is 0 Å². The van der Waals surface area contributed by atoms with Gasteiger partial charge in [-0.15, -0.1) is 5.10 Å². The Morgan fingerprint density at radius 3 is 2.68 bits per heavy atom. The molecule has 1 saturated heterocycles. The number of amides is 2. The molecule has 1 aromatic heterocycles. The monoisotopic (exact) mass is 324 g/mol. The van der Waals surface area contributed by atoms with E-state index in [1.807, 2.05) is 11.8 Å². The molecule has 2 heterocycles. The van der Waals surface area contributed by atoms with Gasteiger partial charge in [0, 0.05) is 26.1 Å². The maximum atomic E-state index is 12.4. The Kier molecular flexibility index (Phi) is 6.30. The lowest BCUT2D eigenvalue weighted by Gasteiger charge is -2.31. The van der Waals surface area contributed by atoms with Crippen molar-refractivity contribution in [3.63, 3.8) is 0 Å². The predicted octanol–water partition coefficient (Wildman–Crippen LogP) is 2.01. The van der Waals surface area contributed by atoms with Gasteiger partial charge in [-0.25, -0.2) is 0 Å². The molecule has 122 valence electrons. The summed E-state index contributed by atoms with van der Waals surface area (Å²) >= 11 is 1.16. The second kappa shape index (κ2) is 8.22. The quantitative estimate of drug-likeness (QED) is 0.868. The Morgan fingerprint density at radius 2 is 2.09 bits per heavy atom. The molecule has 6 nitrogen and oxygen atoms in total. The number of piperidine rings is 1. The predicted molar refractivity (Wildman–Crippen MR) is 85.8 cm³/mol.